The van der Waals surface area contributed by atoms with Crippen molar-refractivity contribution in [3.63, 3.8) is 0 Å². The lowest BCUT2D eigenvalue weighted by molar-refractivity contribution is -0.137. The van der Waals surface area contributed by atoms with E-state index >= 15 is 0 Å². The maximum Gasteiger partial charge on any atom is 0.443 e. The third kappa shape index (κ3) is 2.14. The van der Waals surface area contributed by atoms with Gasteiger partial charge in [-0.15, -0.1) is 11.3 Å². The molecule has 3 nitrogen and oxygen atoms in total. The number of rotatable bonds is 1. The number of ether oxygens (including phenoxy) is 1. The van der Waals surface area contributed by atoms with Gasteiger partial charge in [-0.2, -0.15) is 13.2 Å². The van der Waals surface area contributed by atoms with Gasteiger partial charge in [-0.25, -0.2) is 4.98 Å². The van der Waals surface area contributed by atoms with Gasteiger partial charge in [-0.05, 0) is 0 Å². The predicted molar refractivity (Wildman–Crippen MR) is 48.7 cm³/mol. The molecule has 7 heteroatoms. The Balaban J connectivity index is 2.20. The molecule has 1 aliphatic heterocycles. The summed E-state index contributed by atoms with van der Waals surface area (Å²) in [7, 11) is 0. The summed E-state index contributed by atoms with van der Waals surface area (Å²) in [6.07, 6.45) is -4.37. The molecule has 0 spiro atoms. The Bertz CT molecular complexity index is 352. The number of halogens is 3. The molecule has 1 fully saturated rings. The van der Waals surface area contributed by atoms with Gasteiger partial charge in [0, 0.05) is 17.3 Å². The number of aromatic nitrogens is 1. The van der Waals surface area contributed by atoms with Gasteiger partial charge in [0.15, 0.2) is 5.01 Å². The van der Waals surface area contributed by atoms with Crippen LogP contribution >= 0.6 is 11.3 Å². The molecule has 1 aliphatic rings. The van der Waals surface area contributed by atoms with E-state index in [1.54, 1.807) is 0 Å². The van der Waals surface area contributed by atoms with Crippen LogP contribution in [0.15, 0.2) is 5.38 Å². The largest absolute Gasteiger partial charge is 0.443 e. The first-order valence-electron chi connectivity index (χ1n) is 4.34. The van der Waals surface area contributed by atoms with Crippen LogP contribution in [0.3, 0.4) is 0 Å². The Morgan fingerprint density at radius 3 is 2.67 bits per heavy atom. The number of hydrogen-bond acceptors (Lipinski definition) is 4. The molecular weight excluding hydrogens is 229 g/mol. The Labute approximate surface area is 88.1 Å². The van der Waals surface area contributed by atoms with Crippen LogP contribution in [-0.2, 0) is 10.9 Å². The van der Waals surface area contributed by atoms with E-state index in [-0.39, 0.29) is 12.0 Å². The van der Waals surface area contributed by atoms with E-state index in [2.05, 4.69) is 4.98 Å². The molecule has 0 aromatic carbocycles. The lowest BCUT2D eigenvalue weighted by Gasteiger charge is -2.09. The minimum Gasteiger partial charge on any atom is -0.379 e. The van der Waals surface area contributed by atoms with E-state index in [4.69, 9.17) is 10.5 Å². The van der Waals surface area contributed by atoms with Crippen molar-refractivity contribution >= 4 is 11.3 Å². The zero-order chi connectivity index (χ0) is 11.1. The second-order valence-corrected chi connectivity index (χ2v) is 4.24. The molecule has 1 aromatic heterocycles. The number of nitrogens with zero attached hydrogens (tertiary/aromatic N) is 1. The average Bonchev–Trinajstić information content (AvgIpc) is 2.69. The van der Waals surface area contributed by atoms with Gasteiger partial charge in [0.25, 0.3) is 0 Å². The van der Waals surface area contributed by atoms with Crippen LogP contribution in [0, 0.1) is 0 Å². The number of alkyl halides is 3. The van der Waals surface area contributed by atoms with Crippen LogP contribution in [0.25, 0.3) is 0 Å². The van der Waals surface area contributed by atoms with Crippen LogP contribution in [0.4, 0.5) is 13.2 Å². The maximum atomic E-state index is 12.3. The molecule has 2 N–H and O–H groups in total. The minimum absolute atomic E-state index is 0.211. The van der Waals surface area contributed by atoms with Crippen molar-refractivity contribution in [3.05, 3.63) is 16.1 Å². The van der Waals surface area contributed by atoms with E-state index in [1.165, 1.54) is 5.38 Å². The zero-order valence-electron chi connectivity index (χ0n) is 7.62. The molecule has 2 atom stereocenters. The van der Waals surface area contributed by atoms with Crippen LogP contribution < -0.4 is 5.73 Å². The van der Waals surface area contributed by atoms with Gasteiger partial charge in [0.05, 0.1) is 18.9 Å². The highest BCUT2D eigenvalue weighted by Gasteiger charge is 2.36. The van der Waals surface area contributed by atoms with E-state index < -0.39 is 11.2 Å². The molecule has 84 valence electrons. The summed E-state index contributed by atoms with van der Waals surface area (Å²) in [5.74, 6) is -0.211. The second-order valence-electron chi connectivity index (χ2n) is 3.38. The smallest absolute Gasteiger partial charge is 0.379 e. The topological polar surface area (TPSA) is 48.1 Å². The van der Waals surface area contributed by atoms with Gasteiger partial charge in [0.1, 0.15) is 0 Å². The van der Waals surface area contributed by atoms with Crippen LogP contribution in [0.1, 0.15) is 16.6 Å². The second kappa shape index (κ2) is 3.73. The molecular formula is C8H9F3N2OS. The highest BCUT2D eigenvalue weighted by Crippen LogP contribution is 2.34. The molecule has 0 radical (unpaired) electrons. The zero-order valence-corrected chi connectivity index (χ0v) is 8.44. The number of thiazole rings is 1. The van der Waals surface area contributed by atoms with Gasteiger partial charge < -0.3 is 10.5 Å². The molecule has 15 heavy (non-hydrogen) atoms. The Kier molecular flexibility index (Phi) is 2.70. The highest BCUT2D eigenvalue weighted by molar-refractivity contribution is 7.09. The third-order valence-corrected chi connectivity index (χ3v) is 3.17. The fraction of sp³-hybridized carbons (Fsp3) is 0.625. The van der Waals surface area contributed by atoms with Crippen molar-refractivity contribution in [2.75, 3.05) is 13.2 Å². The fourth-order valence-electron chi connectivity index (χ4n) is 1.46. The van der Waals surface area contributed by atoms with Gasteiger partial charge in [-0.3, -0.25) is 0 Å². The molecule has 2 heterocycles. The molecule has 0 bridgehead atoms. The Morgan fingerprint density at radius 1 is 1.47 bits per heavy atom. The molecule has 2 unspecified atom stereocenters. The quantitative estimate of drug-likeness (QED) is 0.808. The van der Waals surface area contributed by atoms with Crippen LogP contribution in [0.5, 0.6) is 0 Å². The molecule has 2 rings (SSSR count). The molecule has 0 aliphatic carbocycles. The minimum atomic E-state index is -4.37. The van der Waals surface area contributed by atoms with E-state index in [1.807, 2.05) is 0 Å². The SMILES string of the molecule is NC1COCC1c1csc(C(F)(F)F)n1. The van der Waals surface area contributed by atoms with Crippen molar-refractivity contribution < 1.29 is 17.9 Å². The molecule has 1 saturated heterocycles. The molecule has 1 aromatic rings. The highest BCUT2D eigenvalue weighted by atomic mass is 32.1. The monoisotopic (exact) mass is 238 g/mol. The van der Waals surface area contributed by atoms with Crippen LogP contribution in [0.2, 0.25) is 0 Å². The fourth-order valence-corrected chi connectivity index (χ4v) is 2.21. The van der Waals surface area contributed by atoms with Crippen LogP contribution in [-0.4, -0.2) is 24.2 Å². The number of nitrogens with two attached hydrogens (primary N) is 1. The Hall–Kier alpha value is -0.660. The van der Waals surface area contributed by atoms with E-state index in [9.17, 15) is 13.2 Å². The summed E-state index contributed by atoms with van der Waals surface area (Å²) in [4.78, 5) is 3.55. The summed E-state index contributed by atoms with van der Waals surface area (Å²) >= 11 is 0.598. The molecule has 0 amide bonds. The van der Waals surface area contributed by atoms with E-state index in [0.717, 1.165) is 0 Å². The first-order chi connectivity index (χ1) is 6.98. The van der Waals surface area contributed by atoms with Gasteiger partial charge >= 0.3 is 6.18 Å². The summed E-state index contributed by atoms with van der Waals surface area (Å²) in [5.41, 5.74) is 6.07. The van der Waals surface area contributed by atoms with Crippen molar-refractivity contribution in [1.29, 1.82) is 0 Å². The summed E-state index contributed by atoms with van der Waals surface area (Å²) in [6.45, 7) is 0.728. The average molecular weight is 238 g/mol. The first-order valence-corrected chi connectivity index (χ1v) is 5.22. The first kappa shape index (κ1) is 10.8. The van der Waals surface area contributed by atoms with Gasteiger partial charge in [0.2, 0.25) is 0 Å². The van der Waals surface area contributed by atoms with Gasteiger partial charge in [-0.1, -0.05) is 0 Å². The van der Waals surface area contributed by atoms with Crippen molar-refractivity contribution in [2.45, 2.75) is 18.1 Å². The van der Waals surface area contributed by atoms with Crippen molar-refractivity contribution in [1.82, 2.24) is 4.98 Å². The normalized spacial score (nSPS) is 27.2. The summed E-state index contributed by atoms with van der Waals surface area (Å²) in [5, 5.41) is 0.582. The van der Waals surface area contributed by atoms with Crippen molar-refractivity contribution in [2.24, 2.45) is 5.73 Å². The number of hydrogen-bond donors (Lipinski definition) is 1. The molecule has 0 saturated carbocycles. The van der Waals surface area contributed by atoms with E-state index in [0.29, 0.717) is 30.2 Å². The summed E-state index contributed by atoms with van der Waals surface area (Å²) < 4.78 is 41.9. The summed E-state index contributed by atoms with van der Waals surface area (Å²) in [6, 6.07) is -0.256. The lowest BCUT2D eigenvalue weighted by atomic mass is 10.0. The van der Waals surface area contributed by atoms with Crippen molar-refractivity contribution in [3.8, 4) is 0 Å². The maximum absolute atomic E-state index is 12.3. The predicted octanol–water partition coefficient (Wildman–Crippen LogP) is 1.60. The Morgan fingerprint density at radius 2 is 2.20 bits per heavy atom. The third-order valence-electron chi connectivity index (χ3n) is 2.27. The lowest BCUT2D eigenvalue weighted by Crippen LogP contribution is -2.27. The standard InChI is InChI=1S/C8H9F3N2OS/c9-8(10,11)7-13-6(3-15-7)4-1-14-2-5(4)12/h3-5H,1-2,12H2.